The zero-order chi connectivity index (χ0) is 22.1. The van der Waals surface area contributed by atoms with Gasteiger partial charge in [0, 0.05) is 16.5 Å². The number of aromatic amines is 1. The first-order chi connectivity index (χ1) is 15.6. The lowest BCUT2D eigenvalue weighted by atomic mass is 9.86. The van der Waals surface area contributed by atoms with Gasteiger partial charge in [0.2, 0.25) is 0 Å². The Hall–Kier alpha value is -3.63. The molecule has 1 aliphatic carbocycles. The minimum absolute atomic E-state index is 0.455. The lowest BCUT2D eigenvalue weighted by Crippen LogP contribution is -1.98. The lowest BCUT2D eigenvalue weighted by molar-refractivity contribution is -0.131. The standard InChI is InChI=1S/C27H21ClN2O2/c28-23-4-2-1-3-22(23)27(19-10-11-19)26(20-12-13-24-21(15-20)16-29-30-24)18-8-5-17(6-9-18)7-14-25(31)32/h1-9,12-16,19H,10-11H2,(H,29,30)(H,31,32). The fourth-order valence-corrected chi connectivity index (χ4v) is 4.35. The highest BCUT2D eigenvalue weighted by molar-refractivity contribution is 6.32. The van der Waals surface area contributed by atoms with Crippen molar-refractivity contribution in [3.05, 3.63) is 106 Å². The van der Waals surface area contributed by atoms with Gasteiger partial charge in [-0.25, -0.2) is 4.79 Å². The molecular weight excluding hydrogens is 420 g/mol. The zero-order valence-corrected chi connectivity index (χ0v) is 18.0. The molecular formula is C27H21ClN2O2. The van der Waals surface area contributed by atoms with E-state index in [1.165, 1.54) is 5.57 Å². The Morgan fingerprint density at radius 3 is 2.50 bits per heavy atom. The molecule has 4 aromatic rings. The van der Waals surface area contributed by atoms with Gasteiger partial charge in [-0.1, -0.05) is 60.1 Å². The van der Waals surface area contributed by atoms with Gasteiger partial charge in [-0.3, -0.25) is 5.10 Å². The van der Waals surface area contributed by atoms with Crippen LogP contribution in [0.5, 0.6) is 0 Å². The molecule has 0 radical (unpaired) electrons. The number of fused-ring (bicyclic) bond motifs is 1. The molecule has 1 aliphatic rings. The van der Waals surface area contributed by atoms with Crippen molar-refractivity contribution in [3.63, 3.8) is 0 Å². The number of carbonyl (C=O) groups is 1. The number of benzene rings is 3. The van der Waals surface area contributed by atoms with Gasteiger partial charge < -0.3 is 5.11 Å². The van der Waals surface area contributed by atoms with Gasteiger partial charge in [-0.15, -0.1) is 0 Å². The molecule has 0 bridgehead atoms. The second kappa shape index (κ2) is 8.48. The van der Waals surface area contributed by atoms with Gasteiger partial charge in [-0.05, 0) is 76.4 Å². The average molecular weight is 441 g/mol. The molecule has 158 valence electrons. The maximum Gasteiger partial charge on any atom is 0.328 e. The first kappa shape index (κ1) is 20.3. The van der Waals surface area contributed by atoms with Crippen LogP contribution in [0, 0.1) is 5.92 Å². The summed E-state index contributed by atoms with van der Waals surface area (Å²) in [4.78, 5) is 10.9. The Labute approximate surface area is 190 Å². The van der Waals surface area contributed by atoms with Crippen molar-refractivity contribution in [3.8, 4) is 0 Å². The third kappa shape index (κ3) is 4.10. The average Bonchev–Trinajstić information content (AvgIpc) is 3.53. The second-order valence-electron chi connectivity index (χ2n) is 8.01. The first-order valence-electron chi connectivity index (χ1n) is 10.5. The van der Waals surface area contributed by atoms with E-state index < -0.39 is 5.97 Å². The number of hydrogen-bond acceptors (Lipinski definition) is 2. The zero-order valence-electron chi connectivity index (χ0n) is 17.3. The topological polar surface area (TPSA) is 66.0 Å². The number of nitrogens with one attached hydrogen (secondary N) is 1. The molecule has 1 fully saturated rings. The number of allylic oxidation sites excluding steroid dienone is 1. The molecule has 0 amide bonds. The van der Waals surface area contributed by atoms with Crippen LogP contribution in [0.15, 0.2) is 79.0 Å². The van der Waals surface area contributed by atoms with Gasteiger partial charge >= 0.3 is 5.97 Å². The molecule has 3 aromatic carbocycles. The van der Waals surface area contributed by atoms with Crippen molar-refractivity contribution < 1.29 is 9.90 Å². The van der Waals surface area contributed by atoms with E-state index in [4.69, 9.17) is 16.7 Å². The molecule has 0 spiro atoms. The fraction of sp³-hybridized carbons (Fsp3) is 0.111. The summed E-state index contributed by atoms with van der Waals surface area (Å²) in [5.74, 6) is -0.505. The number of H-pyrrole nitrogens is 1. The summed E-state index contributed by atoms with van der Waals surface area (Å²) >= 11 is 6.67. The molecule has 5 heteroatoms. The molecule has 0 aliphatic heterocycles. The Balaban J connectivity index is 1.73. The molecule has 0 saturated heterocycles. The summed E-state index contributed by atoms with van der Waals surface area (Å²) in [5, 5.41) is 17.9. The number of halogens is 1. The highest BCUT2D eigenvalue weighted by Crippen LogP contribution is 2.49. The van der Waals surface area contributed by atoms with Crippen LogP contribution in [-0.4, -0.2) is 21.3 Å². The van der Waals surface area contributed by atoms with E-state index >= 15 is 0 Å². The van der Waals surface area contributed by atoms with Crippen LogP contribution in [0.3, 0.4) is 0 Å². The van der Waals surface area contributed by atoms with E-state index in [1.807, 2.05) is 36.5 Å². The van der Waals surface area contributed by atoms with Crippen molar-refractivity contribution in [2.75, 3.05) is 0 Å². The molecule has 0 unspecified atom stereocenters. The summed E-state index contributed by atoms with van der Waals surface area (Å²) in [6.45, 7) is 0. The number of nitrogens with zero attached hydrogens (tertiary/aromatic N) is 1. The summed E-state index contributed by atoms with van der Waals surface area (Å²) in [6.07, 6.45) is 6.86. The van der Waals surface area contributed by atoms with E-state index in [0.717, 1.165) is 62.7 Å². The van der Waals surface area contributed by atoms with Crippen molar-refractivity contribution in [1.82, 2.24) is 10.2 Å². The quantitative estimate of drug-likeness (QED) is 0.259. The third-order valence-corrected chi connectivity index (χ3v) is 6.10. The molecule has 1 aromatic heterocycles. The Morgan fingerprint density at radius 2 is 1.78 bits per heavy atom. The number of aliphatic carboxylic acids is 1. The van der Waals surface area contributed by atoms with E-state index in [0.29, 0.717) is 5.92 Å². The highest BCUT2D eigenvalue weighted by atomic mass is 35.5. The SMILES string of the molecule is O=C(O)C=Cc1ccc(C(=C(c2ccccc2Cl)C2CC2)c2ccc3[nH]ncc3c2)cc1. The van der Waals surface area contributed by atoms with E-state index in [1.54, 1.807) is 6.08 Å². The normalized spacial score (nSPS) is 14.7. The van der Waals surface area contributed by atoms with Crippen LogP contribution in [-0.2, 0) is 4.79 Å². The van der Waals surface area contributed by atoms with Gasteiger partial charge in [0.1, 0.15) is 0 Å². The predicted molar refractivity (Wildman–Crippen MR) is 129 cm³/mol. The summed E-state index contributed by atoms with van der Waals surface area (Å²) in [6, 6.07) is 22.3. The van der Waals surface area contributed by atoms with Crippen molar-refractivity contribution in [2.45, 2.75) is 12.8 Å². The van der Waals surface area contributed by atoms with E-state index in [9.17, 15) is 4.79 Å². The number of carboxylic acids is 1. The van der Waals surface area contributed by atoms with Crippen molar-refractivity contribution in [1.29, 1.82) is 0 Å². The first-order valence-corrected chi connectivity index (χ1v) is 10.9. The molecule has 5 rings (SSSR count). The maximum absolute atomic E-state index is 10.9. The van der Waals surface area contributed by atoms with Crippen LogP contribution in [0.25, 0.3) is 28.1 Å². The Morgan fingerprint density at radius 1 is 1.03 bits per heavy atom. The summed E-state index contributed by atoms with van der Waals surface area (Å²) < 4.78 is 0. The number of hydrogen-bond donors (Lipinski definition) is 2. The van der Waals surface area contributed by atoms with Crippen LogP contribution in [0.2, 0.25) is 5.02 Å². The predicted octanol–water partition coefficient (Wildman–Crippen LogP) is 6.68. The fourth-order valence-electron chi connectivity index (χ4n) is 4.11. The number of aromatic nitrogens is 2. The Kier molecular flexibility index (Phi) is 5.38. The molecule has 4 nitrogen and oxygen atoms in total. The molecule has 2 N–H and O–H groups in total. The largest absolute Gasteiger partial charge is 0.478 e. The van der Waals surface area contributed by atoms with Crippen LogP contribution >= 0.6 is 11.6 Å². The lowest BCUT2D eigenvalue weighted by Gasteiger charge is -2.18. The minimum atomic E-state index is -0.960. The molecule has 0 atom stereocenters. The monoisotopic (exact) mass is 440 g/mol. The van der Waals surface area contributed by atoms with Crippen LogP contribution in [0.4, 0.5) is 0 Å². The number of rotatable bonds is 6. The van der Waals surface area contributed by atoms with Crippen molar-refractivity contribution in [2.24, 2.45) is 5.92 Å². The molecule has 1 heterocycles. The van der Waals surface area contributed by atoms with Gasteiger partial charge in [0.25, 0.3) is 0 Å². The Bertz CT molecular complexity index is 1360. The minimum Gasteiger partial charge on any atom is -0.478 e. The van der Waals surface area contributed by atoms with Gasteiger partial charge in [0.15, 0.2) is 0 Å². The number of carboxylic acid groups (broad SMARTS) is 1. The van der Waals surface area contributed by atoms with Gasteiger partial charge in [0.05, 0.1) is 11.7 Å². The molecule has 1 saturated carbocycles. The summed E-state index contributed by atoms with van der Waals surface area (Å²) in [7, 11) is 0. The van der Waals surface area contributed by atoms with Crippen molar-refractivity contribution >= 4 is 45.7 Å². The third-order valence-electron chi connectivity index (χ3n) is 5.77. The van der Waals surface area contributed by atoms with Crippen LogP contribution in [0.1, 0.15) is 35.1 Å². The second-order valence-corrected chi connectivity index (χ2v) is 8.42. The summed E-state index contributed by atoms with van der Waals surface area (Å²) in [5.41, 5.74) is 7.48. The van der Waals surface area contributed by atoms with Crippen LogP contribution < -0.4 is 0 Å². The highest BCUT2D eigenvalue weighted by Gasteiger charge is 2.31. The van der Waals surface area contributed by atoms with E-state index in [2.05, 4.69) is 46.6 Å². The smallest absolute Gasteiger partial charge is 0.328 e. The van der Waals surface area contributed by atoms with Gasteiger partial charge in [-0.2, -0.15) is 5.10 Å². The van der Waals surface area contributed by atoms with E-state index in [-0.39, 0.29) is 0 Å². The molecule has 32 heavy (non-hydrogen) atoms. The maximum atomic E-state index is 10.9.